The van der Waals surface area contributed by atoms with Crippen molar-refractivity contribution in [1.29, 1.82) is 0 Å². The van der Waals surface area contributed by atoms with Gasteiger partial charge in [-0.25, -0.2) is 0 Å². The second-order valence-electron chi connectivity index (χ2n) is 0. The molecule has 11 heteroatoms. The van der Waals surface area contributed by atoms with Crippen LogP contribution < -0.4 is 0 Å². The van der Waals surface area contributed by atoms with Crippen molar-refractivity contribution in [1.82, 2.24) is 0 Å². The second kappa shape index (κ2) is 113. The Balaban J connectivity index is 0. The SMILES string of the molecule is [Al+3].[Al+3].[Ba+2].[Ba+2].[Ca+2].[O-2].[O-2].[O-2].[O-2].[O-2].[O-2]. The van der Waals surface area contributed by atoms with Gasteiger partial charge in [0, 0.05) is 0 Å². The monoisotopic (exact) mass is 466 g/mol. The zero-order valence-electron chi connectivity index (χ0n) is 5.73. The summed E-state index contributed by atoms with van der Waals surface area (Å²) in [5, 5.41) is 0. The maximum atomic E-state index is 0. The van der Waals surface area contributed by atoms with Crippen molar-refractivity contribution in [3.8, 4) is 0 Å². The van der Waals surface area contributed by atoms with Crippen molar-refractivity contribution in [3.05, 3.63) is 0 Å². The molecule has 0 radical (unpaired) electrons. The van der Waals surface area contributed by atoms with E-state index in [0.29, 0.717) is 0 Å². The van der Waals surface area contributed by atoms with Crippen molar-refractivity contribution in [2.45, 2.75) is 0 Å². The molecule has 0 saturated heterocycles. The van der Waals surface area contributed by atoms with Crippen LogP contribution >= 0.6 is 0 Å². The van der Waals surface area contributed by atoms with Crippen LogP contribution in [-0.2, 0) is 32.9 Å². The molecule has 0 aliphatic heterocycles. The molecule has 0 amide bonds. The summed E-state index contributed by atoms with van der Waals surface area (Å²) in [6.45, 7) is 0. The fourth-order valence-electron chi connectivity index (χ4n) is 0. The van der Waals surface area contributed by atoms with E-state index in [1.54, 1.807) is 0 Å². The summed E-state index contributed by atoms with van der Waals surface area (Å²) < 4.78 is 0. The van der Waals surface area contributed by atoms with Crippen molar-refractivity contribution in [2.24, 2.45) is 0 Å². The number of hydrogen-bond donors (Lipinski definition) is 0. The van der Waals surface area contributed by atoms with Gasteiger partial charge in [0.05, 0.1) is 0 Å². The summed E-state index contributed by atoms with van der Waals surface area (Å²) in [5.74, 6) is 0. The van der Waals surface area contributed by atoms with Crippen molar-refractivity contribution < 1.29 is 32.9 Å². The Morgan fingerprint density at radius 1 is 0.364 bits per heavy atom. The van der Waals surface area contributed by atoms with E-state index in [1.165, 1.54) is 0 Å². The van der Waals surface area contributed by atoms with Crippen LogP contribution in [0, 0.1) is 0 Å². The number of hydrogen-bond acceptors (Lipinski definition) is 0. The minimum absolute atomic E-state index is 0. The first-order valence-electron chi connectivity index (χ1n) is 0. The fraction of sp³-hybridized carbons (Fsp3) is 0. The third-order valence-corrected chi connectivity index (χ3v) is 0. The molecule has 0 saturated carbocycles. The Morgan fingerprint density at radius 3 is 0.364 bits per heavy atom. The van der Waals surface area contributed by atoms with Crippen LogP contribution in [0.15, 0.2) is 0 Å². The van der Waals surface area contributed by atoms with Crippen molar-refractivity contribution in [3.63, 3.8) is 0 Å². The van der Waals surface area contributed by atoms with Crippen LogP contribution in [0.2, 0.25) is 0 Å². The normalized spacial score (nSPS) is 0. The molecule has 48 valence electrons. The van der Waals surface area contributed by atoms with Crippen molar-refractivity contribution in [2.75, 3.05) is 0 Å². The average Bonchev–Trinajstić information content (AvgIpc) is 0. The maximum absolute atomic E-state index is 0. The summed E-state index contributed by atoms with van der Waals surface area (Å²) in [4.78, 5) is 0. The van der Waals surface area contributed by atoms with Gasteiger partial charge < -0.3 is 32.9 Å². The average molecular weight is 465 g/mol. The first-order valence-corrected chi connectivity index (χ1v) is 0. The molecular formula is Al2Ba2CaO6. The molecule has 0 rings (SSSR count). The summed E-state index contributed by atoms with van der Waals surface area (Å²) in [7, 11) is 0. The third-order valence-electron chi connectivity index (χ3n) is 0. The molecule has 0 atom stereocenters. The summed E-state index contributed by atoms with van der Waals surface area (Å²) in [6, 6.07) is 0. The van der Waals surface area contributed by atoms with Gasteiger partial charge in [0.2, 0.25) is 0 Å². The van der Waals surface area contributed by atoms with Gasteiger partial charge in [0.15, 0.2) is 0 Å². The molecule has 0 bridgehead atoms. The predicted octanol–water partition coefficient (Wildman–Crippen LogP) is -2.62. The van der Waals surface area contributed by atoms with Gasteiger partial charge in [-0.15, -0.1) is 0 Å². The molecule has 0 N–H and O–H groups in total. The van der Waals surface area contributed by atoms with Gasteiger partial charge in [-0.05, 0) is 0 Å². The van der Waals surface area contributed by atoms with Crippen LogP contribution in [0.25, 0.3) is 0 Å². The van der Waals surface area contributed by atoms with Crippen LogP contribution in [0.1, 0.15) is 0 Å². The molecule has 0 fully saturated rings. The van der Waals surface area contributed by atoms with Gasteiger partial charge in [0.25, 0.3) is 0 Å². The molecule has 0 aliphatic rings. The third kappa shape index (κ3) is 97.5. The summed E-state index contributed by atoms with van der Waals surface area (Å²) >= 11 is 0. The molecule has 0 aromatic carbocycles. The predicted molar refractivity (Wildman–Crippen MR) is 32.9 cm³/mol. The minimum Gasteiger partial charge on any atom is -2.00 e. The molecule has 11 heavy (non-hydrogen) atoms. The van der Waals surface area contributed by atoms with E-state index in [-0.39, 0.29) is 203 Å². The van der Waals surface area contributed by atoms with Gasteiger partial charge in [-0.3, -0.25) is 0 Å². The van der Waals surface area contributed by atoms with Gasteiger partial charge in [-0.2, -0.15) is 0 Å². The van der Waals surface area contributed by atoms with E-state index in [1.807, 2.05) is 0 Å². The summed E-state index contributed by atoms with van der Waals surface area (Å²) in [6.07, 6.45) is 0. The quantitative estimate of drug-likeness (QED) is 0.342. The van der Waals surface area contributed by atoms with Crippen molar-refractivity contribution >= 4 is 170 Å². The zero-order chi connectivity index (χ0) is 0. The van der Waals surface area contributed by atoms with Gasteiger partial charge in [-0.1, -0.05) is 0 Å². The van der Waals surface area contributed by atoms with Crippen LogP contribution in [0.3, 0.4) is 0 Å². The van der Waals surface area contributed by atoms with E-state index in [9.17, 15) is 0 Å². The van der Waals surface area contributed by atoms with Gasteiger partial charge in [0.1, 0.15) is 0 Å². The molecule has 6 nitrogen and oxygen atoms in total. The Kier molecular flexibility index (Phi) is 1410. The first-order chi connectivity index (χ1) is 0. The number of rotatable bonds is 0. The van der Waals surface area contributed by atoms with E-state index in [2.05, 4.69) is 0 Å². The molecule has 0 aliphatic carbocycles. The largest absolute Gasteiger partial charge is 3.00 e. The molecule has 0 spiro atoms. The van der Waals surface area contributed by atoms with E-state index < -0.39 is 0 Å². The fourth-order valence-corrected chi connectivity index (χ4v) is 0. The van der Waals surface area contributed by atoms with E-state index in [0.717, 1.165) is 0 Å². The maximum Gasteiger partial charge on any atom is 3.00 e. The Bertz CT molecular complexity index is 18.5. The molecule has 0 unspecified atom stereocenters. The standard InChI is InChI=1S/2Al.2Ba.Ca.6O/q2*+3;3*+2;6*-2. The van der Waals surface area contributed by atoms with Gasteiger partial charge >= 0.3 is 170 Å². The minimum atomic E-state index is 0. The van der Waals surface area contributed by atoms with E-state index >= 15 is 0 Å². The van der Waals surface area contributed by atoms with E-state index in [4.69, 9.17) is 0 Å². The van der Waals surface area contributed by atoms with Crippen LogP contribution in [-0.4, -0.2) is 170 Å². The van der Waals surface area contributed by atoms with Crippen LogP contribution in [0.4, 0.5) is 0 Å². The second-order valence-corrected chi connectivity index (χ2v) is 0. The Morgan fingerprint density at radius 2 is 0.364 bits per heavy atom. The molecule has 0 aromatic heterocycles. The zero-order valence-corrected chi connectivity index (χ0v) is 19.1. The topological polar surface area (TPSA) is 171 Å². The Labute approximate surface area is 197 Å². The molecule has 0 heterocycles. The smallest absolute Gasteiger partial charge is 2.00 e. The Hall–Kier alpha value is 5.23. The first kappa shape index (κ1) is 138. The summed E-state index contributed by atoms with van der Waals surface area (Å²) in [5.41, 5.74) is 0. The molecule has 0 aromatic rings. The molecular weight excluding hydrogens is 465 g/mol. The van der Waals surface area contributed by atoms with Crippen LogP contribution in [0.5, 0.6) is 0 Å².